The number of hydrogen-bond acceptors (Lipinski definition) is 3. The molecule has 1 unspecified atom stereocenters. The average molecular weight is 241 g/mol. The normalized spacial score (nSPS) is 12.9. The van der Waals surface area contributed by atoms with Crippen molar-refractivity contribution in [2.75, 3.05) is 13.1 Å². The Morgan fingerprint density at radius 3 is 2.61 bits per heavy atom. The highest BCUT2D eigenvalue weighted by molar-refractivity contribution is 5.73. The van der Waals surface area contributed by atoms with E-state index in [0.717, 1.165) is 12.1 Å². The molecule has 0 radical (unpaired) electrons. The van der Waals surface area contributed by atoms with E-state index in [2.05, 4.69) is 28.1 Å². The zero-order chi connectivity index (χ0) is 13.1. The molecular formula is C15H19N3. The van der Waals surface area contributed by atoms with Gasteiger partial charge in [-0.25, -0.2) is 0 Å². The second-order valence-corrected chi connectivity index (χ2v) is 3.74. The smallest absolute Gasteiger partial charge is 0.0564 e. The van der Waals surface area contributed by atoms with Gasteiger partial charge in [-0.3, -0.25) is 15.0 Å². The minimum Gasteiger partial charge on any atom is -0.293 e. The van der Waals surface area contributed by atoms with Gasteiger partial charge < -0.3 is 0 Å². The fourth-order valence-electron chi connectivity index (χ4n) is 1.45. The van der Waals surface area contributed by atoms with E-state index in [0.29, 0.717) is 13.1 Å². The number of nitrogens with zero attached hydrogens (tertiary/aromatic N) is 3. The van der Waals surface area contributed by atoms with Crippen LogP contribution in [0.15, 0.2) is 59.7 Å². The fourth-order valence-corrected chi connectivity index (χ4v) is 1.45. The number of pyridine rings is 1. The zero-order valence-electron chi connectivity index (χ0n) is 10.6. The number of hydrogen-bond donors (Lipinski definition) is 0. The van der Waals surface area contributed by atoms with E-state index < -0.39 is 0 Å². The van der Waals surface area contributed by atoms with Crippen LogP contribution in [0.3, 0.4) is 0 Å². The Bertz CT molecular complexity index is 407. The summed E-state index contributed by atoms with van der Waals surface area (Å²) in [7, 11) is 0. The molecule has 0 aliphatic carbocycles. The van der Waals surface area contributed by atoms with Crippen molar-refractivity contribution in [2.24, 2.45) is 9.98 Å². The van der Waals surface area contributed by atoms with Crippen molar-refractivity contribution in [3.8, 4) is 0 Å². The van der Waals surface area contributed by atoms with Crippen molar-refractivity contribution in [2.45, 2.75) is 12.3 Å². The molecule has 3 heteroatoms. The van der Waals surface area contributed by atoms with Gasteiger partial charge in [-0.2, -0.15) is 0 Å². The van der Waals surface area contributed by atoms with E-state index in [1.54, 1.807) is 18.3 Å². The molecule has 0 fully saturated rings. The van der Waals surface area contributed by atoms with Crippen molar-refractivity contribution >= 4 is 12.4 Å². The predicted molar refractivity (Wildman–Crippen MR) is 78.7 cm³/mol. The topological polar surface area (TPSA) is 37.6 Å². The van der Waals surface area contributed by atoms with Gasteiger partial charge in [0.1, 0.15) is 0 Å². The van der Waals surface area contributed by atoms with Crippen LogP contribution < -0.4 is 0 Å². The molecule has 1 atom stereocenters. The first-order valence-electron chi connectivity index (χ1n) is 5.99. The quantitative estimate of drug-likeness (QED) is 0.509. The summed E-state index contributed by atoms with van der Waals surface area (Å²) >= 11 is 0. The van der Waals surface area contributed by atoms with Gasteiger partial charge in [0.05, 0.1) is 13.1 Å². The van der Waals surface area contributed by atoms with E-state index in [-0.39, 0.29) is 5.92 Å². The summed E-state index contributed by atoms with van der Waals surface area (Å²) in [6.07, 6.45) is 9.97. The SMILES string of the molecule is C=CCN=CCC(C=NCC=C)c1ccccn1. The molecule has 0 aliphatic rings. The Hall–Kier alpha value is -2.03. The molecule has 1 rings (SSSR count). The van der Waals surface area contributed by atoms with Crippen LogP contribution in [0.25, 0.3) is 0 Å². The van der Waals surface area contributed by atoms with Crippen molar-refractivity contribution in [1.82, 2.24) is 4.98 Å². The van der Waals surface area contributed by atoms with Gasteiger partial charge in [0.15, 0.2) is 0 Å². The van der Waals surface area contributed by atoms with E-state index in [9.17, 15) is 0 Å². The Kier molecular flexibility index (Phi) is 7.05. The summed E-state index contributed by atoms with van der Waals surface area (Å²) in [6, 6.07) is 5.90. The van der Waals surface area contributed by atoms with Crippen molar-refractivity contribution in [3.63, 3.8) is 0 Å². The van der Waals surface area contributed by atoms with Crippen LogP contribution in [0, 0.1) is 0 Å². The number of aromatic nitrogens is 1. The summed E-state index contributed by atoms with van der Waals surface area (Å²) in [5, 5.41) is 0. The van der Waals surface area contributed by atoms with Crippen LogP contribution in [0.4, 0.5) is 0 Å². The zero-order valence-corrected chi connectivity index (χ0v) is 10.6. The molecule has 0 bridgehead atoms. The first kappa shape index (κ1) is 14.0. The Morgan fingerprint density at radius 1 is 1.17 bits per heavy atom. The highest BCUT2D eigenvalue weighted by Crippen LogP contribution is 2.13. The minimum atomic E-state index is 0.166. The third-order valence-electron chi connectivity index (χ3n) is 2.31. The second kappa shape index (κ2) is 9.05. The Morgan fingerprint density at radius 2 is 1.94 bits per heavy atom. The molecule has 0 spiro atoms. The maximum atomic E-state index is 4.36. The van der Waals surface area contributed by atoms with Gasteiger partial charge in [0.25, 0.3) is 0 Å². The molecule has 0 amide bonds. The van der Waals surface area contributed by atoms with E-state index >= 15 is 0 Å². The summed E-state index contributed by atoms with van der Waals surface area (Å²) < 4.78 is 0. The van der Waals surface area contributed by atoms with Crippen LogP contribution in [0.1, 0.15) is 18.0 Å². The van der Waals surface area contributed by atoms with Gasteiger partial charge in [0, 0.05) is 30.2 Å². The van der Waals surface area contributed by atoms with Gasteiger partial charge >= 0.3 is 0 Å². The first-order chi connectivity index (χ1) is 8.88. The molecule has 1 heterocycles. The summed E-state index contributed by atoms with van der Waals surface area (Å²) in [6.45, 7) is 8.57. The summed E-state index contributed by atoms with van der Waals surface area (Å²) in [5.41, 5.74) is 1.01. The molecule has 0 saturated carbocycles. The highest BCUT2D eigenvalue weighted by atomic mass is 14.7. The third kappa shape index (κ3) is 5.34. The van der Waals surface area contributed by atoms with Crippen molar-refractivity contribution in [1.29, 1.82) is 0 Å². The molecular weight excluding hydrogens is 222 g/mol. The lowest BCUT2D eigenvalue weighted by atomic mass is 10.0. The molecule has 0 N–H and O–H groups in total. The van der Waals surface area contributed by atoms with Crippen molar-refractivity contribution < 1.29 is 0 Å². The minimum absolute atomic E-state index is 0.166. The van der Waals surface area contributed by atoms with Gasteiger partial charge in [-0.1, -0.05) is 18.2 Å². The Labute approximate surface area is 109 Å². The molecule has 0 aliphatic heterocycles. The van der Waals surface area contributed by atoms with Crippen LogP contribution in [-0.4, -0.2) is 30.5 Å². The number of aliphatic imine (C=N–C) groups is 2. The fraction of sp³-hybridized carbons (Fsp3) is 0.267. The summed E-state index contributed by atoms with van der Waals surface area (Å²) in [4.78, 5) is 12.9. The molecule has 18 heavy (non-hydrogen) atoms. The molecule has 94 valence electrons. The first-order valence-corrected chi connectivity index (χ1v) is 5.99. The number of rotatable bonds is 8. The van der Waals surface area contributed by atoms with Gasteiger partial charge in [-0.15, -0.1) is 13.2 Å². The van der Waals surface area contributed by atoms with Gasteiger partial charge in [0.2, 0.25) is 0 Å². The van der Waals surface area contributed by atoms with E-state index in [1.165, 1.54) is 0 Å². The Balaban J connectivity index is 2.69. The highest BCUT2D eigenvalue weighted by Gasteiger charge is 2.07. The van der Waals surface area contributed by atoms with Crippen LogP contribution >= 0.6 is 0 Å². The van der Waals surface area contributed by atoms with Crippen LogP contribution in [0.5, 0.6) is 0 Å². The molecule has 0 aromatic carbocycles. The third-order valence-corrected chi connectivity index (χ3v) is 2.31. The lowest BCUT2D eigenvalue weighted by Crippen LogP contribution is -2.04. The monoisotopic (exact) mass is 241 g/mol. The van der Waals surface area contributed by atoms with E-state index in [1.807, 2.05) is 30.6 Å². The standard InChI is InChI=1S/C15H19N3/c1-3-9-16-12-8-14(13-17-10-4-2)15-7-5-6-11-18-15/h3-7,11-14H,1-2,8-10H2. The van der Waals surface area contributed by atoms with Crippen LogP contribution in [-0.2, 0) is 0 Å². The van der Waals surface area contributed by atoms with Crippen molar-refractivity contribution in [3.05, 3.63) is 55.4 Å². The summed E-state index contributed by atoms with van der Waals surface area (Å²) in [5.74, 6) is 0.166. The lowest BCUT2D eigenvalue weighted by Gasteiger charge is -2.08. The predicted octanol–water partition coefficient (Wildman–Crippen LogP) is 3.07. The van der Waals surface area contributed by atoms with E-state index in [4.69, 9.17) is 0 Å². The maximum Gasteiger partial charge on any atom is 0.0564 e. The maximum absolute atomic E-state index is 4.36. The average Bonchev–Trinajstić information content (AvgIpc) is 2.42. The second-order valence-electron chi connectivity index (χ2n) is 3.74. The molecule has 3 nitrogen and oxygen atoms in total. The lowest BCUT2D eigenvalue weighted by molar-refractivity contribution is 0.906. The van der Waals surface area contributed by atoms with Gasteiger partial charge in [-0.05, 0) is 18.6 Å². The molecule has 1 aromatic rings. The molecule has 1 aromatic heterocycles. The van der Waals surface area contributed by atoms with Crippen LogP contribution in [0.2, 0.25) is 0 Å². The molecule has 0 saturated heterocycles. The largest absolute Gasteiger partial charge is 0.293 e.